The van der Waals surface area contributed by atoms with Crippen LogP contribution in [0.5, 0.6) is 11.5 Å². The second-order valence-electron chi connectivity index (χ2n) is 4.73. The molecule has 20 heavy (non-hydrogen) atoms. The summed E-state index contributed by atoms with van der Waals surface area (Å²) in [4.78, 5) is 4.26. The third-order valence-corrected chi connectivity index (χ3v) is 3.22. The summed E-state index contributed by atoms with van der Waals surface area (Å²) in [5.41, 5.74) is 8.54. The quantitative estimate of drug-likeness (QED) is 0.879. The highest BCUT2D eigenvalue weighted by Gasteiger charge is 2.11. The molecule has 104 valence electrons. The summed E-state index contributed by atoms with van der Waals surface area (Å²) in [5.74, 6) is 2.18. The minimum atomic E-state index is 0.652. The van der Waals surface area contributed by atoms with Gasteiger partial charge in [-0.2, -0.15) is 0 Å². The largest absolute Gasteiger partial charge is 0.490 e. The van der Waals surface area contributed by atoms with E-state index in [-0.39, 0.29) is 0 Å². The number of pyridine rings is 1. The van der Waals surface area contributed by atoms with Gasteiger partial charge in [0.2, 0.25) is 0 Å². The van der Waals surface area contributed by atoms with Crippen LogP contribution in [0.3, 0.4) is 0 Å². The lowest BCUT2D eigenvalue weighted by molar-refractivity contribution is 0.297. The zero-order chi connectivity index (χ0) is 13.9. The first-order chi connectivity index (χ1) is 9.74. The third kappa shape index (κ3) is 2.47. The van der Waals surface area contributed by atoms with Crippen LogP contribution in [0.2, 0.25) is 0 Å². The van der Waals surface area contributed by atoms with E-state index in [9.17, 15) is 0 Å². The number of hydrogen-bond acceptors (Lipinski definition) is 5. The van der Waals surface area contributed by atoms with Crippen LogP contribution in [0, 0.1) is 6.92 Å². The van der Waals surface area contributed by atoms with Crippen LogP contribution in [0.4, 0.5) is 17.2 Å². The van der Waals surface area contributed by atoms with Crippen LogP contribution in [0.1, 0.15) is 12.0 Å². The molecule has 0 saturated carbocycles. The van der Waals surface area contributed by atoms with Gasteiger partial charge >= 0.3 is 0 Å². The van der Waals surface area contributed by atoms with E-state index in [1.807, 2.05) is 31.2 Å². The first-order valence-electron chi connectivity index (χ1n) is 6.62. The molecule has 5 nitrogen and oxygen atoms in total. The Labute approximate surface area is 117 Å². The predicted octanol–water partition coefficient (Wildman–Crippen LogP) is 2.88. The van der Waals surface area contributed by atoms with Crippen molar-refractivity contribution in [1.29, 1.82) is 0 Å². The summed E-state index contributed by atoms with van der Waals surface area (Å²) in [5, 5.41) is 3.21. The van der Waals surface area contributed by atoms with Gasteiger partial charge in [0.25, 0.3) is 0 Å². The monoisotopic (exact) mass is 271 g/mol. The van der Waals surface area contributed by atoms with Crippen molar-refractivity contribution in [2.75, 3.05) is 24.3 Å². The molecule has 0 spiro atoms. The number of nitrogens with two attached hydrogens (primary N) is 1. The number of nitrogen functional groups attached to an aromatic ring is 1. The Bertz CT molecular complexity index is 629. The maximum Gasteiger partial charge on any atom is 0.163 e. The Morgan fingerprint density at radius 2 is 1.95 bits per heavy atom. The summed E-state index contributed by atoms with van der Waals surface area (Å²) in [6.07, 6.45) is 2.63. The molecule has 0 saturated heterocycles. The van der Waals surface area contributed by atoms with Crippen LogP contribution in [0.15, 0.2) is 30.5 Å². The number of aryl methyl sites for hydroxylation is 1. The number of fused-ring (bicyclic) bond motifs is 1. The van der Waals surface area contributed by atoms with Crippen molar-refractivity contribution < 1.29 is 9.47 Å². The smallest absolute Gasteiger partial charge is 0.163 e. The molecule has 1 aromatic carbocycles. The van der Waals surface area contributed by atoms with Crippen LogP contribution in [-0.4, -0.2) is 18.2 Å². The summed E-state index contributed by atoms with van der Waals surface area (Å²) < 4.78 is 11.3. The second kappa shape index (κ2) is 5.28. The van der Waals surface area contributed by atoms with Gasteiger partial charge in [-0.05, 0) is 30.7 Å². The predicted molar refractivity (Wildman–Crippen MR) is 78.7 cm³/mol. The van der Waals surface area contributed by atoms with Crippen molar-refractivity contribution in [3.8, 4) is 11.5 Å². The molecule has 0 atom stereocenters. The Morgan fingerprint density at radius 1 is 1.15 bits per heavy atom. The number of nitrogens with one attached hydrogen (secondary N) is 1. The highest BCUT2D eigenvalue weighted by atomic mass is 16.5. The zero-order valence-electron chi connectivity index (χ0n) is 11.3. The van der Waals surface area contributed by atoms with Crippen molar-refractivity contribution in [2.45, 2.75) is 13.3 Å². The molecule has 1 aromatic heterocycles. The molecule has 0 unspecified atom stereocenters. The van der Waals surface area contributed by atoms with Gasteiger partial charge in [0.15, 0.2) is 17.3 Å². The van der Waals surface area contributed by atoms with E-state index in [4.69, 9.17) is 15.2 Å². The second-order valence-corrected chi connectivity index (χ2v) is 4.73. The van der Waals surface area contributed by atoms with Gasteiger partial charge in [-0.3, -0.25) is 0 Å². The van der Waals surface area contributed by atoms with Crippen molar-refractivity contribution in [3.63, 3.8) is 0 Å². The molecule has 1 aliphatic heterocycles. The van der Waals surface area contributed by atoms with Crippen LogP contribution < -0.4 is 20.5 Å². The molecule has 0 fully saturated rings. The molecule has 5 heteroatoms. The fourth-order valence-electron chi connectivity index (χ4n) is 2.05. The maximum absolute atomic E-state index is 6.01. The lowest BCUT2D eigenvalue weighted by Gasteiger charge is -2.12. The van der Waals surface area contributed by atoms with Crippen LogP contribution >= 0.6 is 0 Å². The normalized spacial score (nSPS) is 13.7. The summed E-state index contributed by atoms with van der Waals surface area (Å²) in [7, 11) is 0. The van der Waals surface area contributed by atoms with Gasteiger partial charge in [0.1, 0.15) is 0 Å². The maximum atomic E-state index is 6.01. The number of aromatic nitrogens is 1. The Kier molecular flexibility index (Phi) is 3.33. The van der Waals surface area contributed by atoms with E-state index in [0.717, 1.165) is 29.2 Å². The van der Waals surface area contributed by atoms with Gasteiger partial charge in [-0.15, -0.1) is 0 Å². The topological polar surface area (TPSA) is 69.4 Å². The Balaban J connectivity index is 1.88. The lowest BCUT2D eigenvalue weighted by atomic mass is 10.2. The zero-order valence-corrected chi connectivity index (χ0v) is 11.3. The highest BCUT2D eigenvalue weighted by molar-refractivity contribution is 5.72. The third-order valence-electron chi connectivity index (χ3n) is 3.22. The lowest BCUT2D eigenvalue weighted by Crippen LogP contribution is -2.01. The Hall–Kier alpha value is -2.43. The molecule has 0 bridgehead atoms. The average molecular weight is 271 g/mol. The summed E-state index contributed by atoms with van der Waals surface area (Å²) in [6.45, 7) is 3.31. The number of nitrogens with zero attached hydrogens (tertiary/aromatic N) is 1. The first kappa shape index (κ1) is 12.6. The molecule has 2 heterocycles. The number of benzene rings is 1. The number of hydrogen-bond donors (Lipinski definition) is 2. The van der Waals surface area contributed by atoms with Gasteiger partial charge in [0.05, 0.1) is 18.9 Å². The van der Waals surface area contributed by atoms with E-state index in [1.54, 1.807) is 6.20 Å². The van der Waals surface area contributed by atoms with E-state index < -0.39 is 0 Å². The first-order valence-corrected chi connectivity index (χ1v) is 6.62. The molecule has 1 aliphatic rings. The number of rotatable bonds is 2. The van der Waals surface area contributed by atoms with Crippen molar-refractivity contribution in [1.82, 2.24) is 4.98 Å². The van der Waals surface area contributed by atoms with E-state index >= 15 is 0 Å². The van der Waals surface area contributed by atoms with Crippen molar-refractivity contribution in [3.05, 3.63) is 36.0 Å². The van der Waals surface area contributed by atoms with Gasteiger partial charge in [-0.25, -0.2) is 4.98 Å². The standard InChI is InChI=1S/C15H17N3O2/c1-10-5-6-17-15(14(10)16)18-11-3-4-12-13(9-11)20-8-2-7-19-12/h3-6,9H,2,7-8,16H2,1H3,(H,17,18). The Morgan fingerprint density at radius 3 is 2.80 bits per heavy atom. The van der Waals surface area contributed by atoms with E-state index in [2.05, 4.69) is 10.3 Å². The highest BCUT2D eigenvalue weighted by Crippen LogP contribution is 2.33. The van der Waals surface area contributed by atoms with E-state index in [0.29, 0.717) is 24.7 Å². The molecular formula is C15H17N3O2. The summed E-state index contributed by atoms with van der Waals surface area (Å²) in [6, 6.07) is 7.62. The minimum absolute atomic E-state index is 0.652. The molecule has 0 amide bonds. The van der Waals surface area contributed by atoms with Gasteiger partial charge in [-0.1, -0.05) is 0 Å². The van der Waals surface area contributed by atoms with Gasteiger partial charge in [0, 0.05) is 24.4 Å². The van der Waals surface area contributed by atoms with Crippen LogP contribution in [0.25, 0.3) is 0 Å². The minimum Gasteiger partial charge on any atom is -0.490 e. The number of anilines is 3. The SMILES string of the molecule is Cc1ccnc(Nc2ccc3c(c2)OCCCO3)c1N. The number of ether oxygens (including phenoxy) is 2. The fraction of sp³-hybridized carbons (Fsp3) is 0.267. The van der Waals surface area contributed by atoms with Gasteiger partial charge < -0.3 is 20.5 Å². The fourth-order valence-corrected chi connectivity index (χ4v) is 2.05. The molecular weight excluding hydrogens is 254 g/mol. The molecule has 0 radical (unpaired) electrons. The molecule has 0 aliphatic carbocycles. The molecule has 2 aromatic rings. The van der Waals surface area contributed by atoms with Crippen LogP contribution in [-0.2, 0) is 0 Å². The van der Waals surface area contributed by atoms with Crippen molar-refractivity contribution >= 4 is 17.2 Å². The van der Waals surface area contributed by atoms with E-state index in [1.165, 1.54) is 0 Å². The molecule has 3 N–H and O–H groups in total. The van der Waals surface area contributed by atoms with Crippen molar-refractivity contribution in [2.24, 2.45) is 0 Å². The average Bonchev–Trinajstić information content (AvgIpc) is 2.69. The molecule has 3 rings (SSSR count). The summed E-state index contributed by atoms with van der Waals surface area (Å²) >= 11 is 0.